The first-order valence-corrected chi connectivity index (χ1v) is 9.26. The molecule has 7 heteroatoms. The van der Waals surface area contributed by atoms with Gasteiger partial charge in [-0.15, -0.1) is 0 Å². The molecule has 0 radical (unpaired) electrons. The van der Waals surface area contributed by atoms with Crippen LogP contribution in [0.4, 0.5) is 5.69 Å². The molecule has 3 rings (SSSR count). The molecule has 0 bridgehead atoms. The highest BCUT2D eigenvalue weighted by atomic mass is 32.2. The molecule has 0 saturated carbocycles. The monoisotopic (exact) mass is 349 g/mol. The van der Waals surface area contributed by atoms with E-state index in [0.29, 0.717) is 45.3 Å². The van der Waals surface area contributed by atoms with Gasteiger partial charge >= 0.3 is 0 Å². The third kappa shape index (κ3) is 4.96. The molecule has 0 N–H and O–H groups in total. The summed E-state index contributed by atoms with van der Waals surface area (Å²) < 4.78 is 10.7. The number of rotatable bonds is 3. The van der Waals surface area contributed by atoms with E-state index < -0.39 is 0 Å². The fourth-order valence-electron chi connectivity index (χ4n) is 2.59. The molecular formula is C17H23N3O3S. The first-order chi connectivity index (χ1) is 11.8. The Morgan fingerprint density at radius 1 is 0.958 bits per heavy atom. The fraction of sp³-hybridized carbons (Fsp3) is 0.529. The molecule has 0 atom stereocenters. The van der Waals surface area contributed by atoms with Crippen molar-refractivity contribution < 1.29 is 14.3 Å². The Hall–Kier alpha value is -1.57. The molecule has 2 saturated heterocycles. The SMILES string of the molecule is O=C(CSC(=Nc1ccccc1)N1CCOCC1)N1CCOCC1. The number of thioether (sulfide) groups is 1. The zero-order valence-electron chi connectivity index (χ0n) is 13.7. The van der Waals surface area contributed by atoms with Gasteiger partial charge in [-0.05, 0) is 12.1 Å². The van der Waals surface area contributed by atoms with Crippen molar-refractivity contribution in [2.45, 2.75) is 0 Å². The summed E-state index contributed by atoms with van der Waals surface area (Å²) in [6.45, 7) is 5.65. The third-order valence-electron chi connectivity index (χ3n) is 3.95. The predicted octanol–water partition coefficient (Wildman–Crippen LogP) is 1.60. The lowest BCUT2D eigenvalue weighted by Crippen LogP contribution is -2.43. The molecule has 0 spiro atoms. The first-order valence-electron chi connectivity index (χ1n) is 8.28. The van der Waals surface area contributed by atoms with Crippen LogP contribution in [0.2, 0.25) is 0 Å². The number of ether oxygens (including phenoxy) is 2. The summed E-state index contributed by atoms with van der Waals surface area (Å²) in [7, 11) is 0. The summed E-state index contributed by atoms with van der Waals surface area (Å²) >= 11 is 1.51. The summed E-state index contributed by atoms with van der Waals surface area (Å²) in [5.41, 5.74) is 0.908. The number of hydrogen-bond donors (Lipinski definition) is 0. The molecule has 2 heterocycles. The van der Waals surface area contributed by atoms with Gasteiger partial charge in [-0.3, -0.25) is 4.79 Å². The van der Waals surface area contributed by atoms with E-state index in [-0.39, 0.29) is 5.91 Å². The van der Waals surface area contributed by atoms with Gasteiger partial charge in [0.1, 0.15) is 0 Å². The summed E-state index contributed by atoms with van der Waals surface area (Å²) in [4.78, 5) is 21.2. The molecule has 6 nitrogen and oxygen atoms in total. The Balaban J connectivity index is 1.65. The number of amides is 1. The van der Waals surface area contributed by atoms with E-state index in [0.717, 1.165) is 23.9 Å². The van der Waals surface area contributed by atoms with Gasteiger partial charge in [0, 0.05) is 26.2 Å². The zero-order valence-corrected chi connectivity index (χ0v) is 14.5. The second kappa shape index (κ2) is 9.05. The van der Waals surface area contributed by atoms with E-state index in [4.69, 9.17) is 14.5 Å². The van der Waals surface area contributed by atoms with Crippen LogP contribution in [0, 0.1) is 0 Å². The van der Waals surface area contributed by atoms with Crippen LogP contribution in [0.1, 0.15) is 0 Å². The van der Waals surface area contributed by atoms with Crippen molar-refractivity contribution in [1.29, 1.82) is 0 Å². The average molecular weight is 349 g/mol. The number of para-hydroxylation sites is 1. The van der Waals surface area contributed by atoms with Gasteiger partial charge in [0.2, 0.25) is 5.91 Å². The van der Waals surface area contributed by atoms with Crippen molar-refractivity contribution >= 4 is 28.5 Å². The number of hydrogen-bond acceptors (Lipinski definition) is 5. The topological polar surface area (TPSA) is 54.4 Å². The van der Waals surface area contributed by atoms with Crippen molar-refractivity contribution in [2.75, 3.05) is 58.4 Å². The quantitative estimate of drug-likeness (QED) is 0.613. The molecule has 1 aromatic rings. The lowest BCUT2D eigenvalue weighted by molar-refractivity contribution is -0.132. The maximum absolute atomic E-state index is 12.4. The Kier molecular flexibility index (Phi) is 6.51. The largest absolute Gasteiger partial charge is 0.378 e. The number of amidine groups is 1. The molecule has 2 fully saturated rings. The minimum Gasteiger partial charge on any atom is -0.378 e. The molecule has 1 aromatic carbocycles. The molecule has 0 aliphatic carbocycles. The highest BCUT2D eigenvalue weighted by Gasteiger charge is 2.21. The van der Waals surface area contributed by atoms with Gasteiger partial charge < -0.3 is 19.3 Å². The van der Waals surface area contributed by atoms with Crippen LogP contribution in [0.15, 0.2) is 35.3 Å². The maximum Gasteiger partial charge on any atom is 0.233 e. The van der Waals surface area contributed by atoms with Crippen molar-refractivity contribution in [3.05, 3.63) is 30.3 Å². The smallest absolute Gasteiger partial charge is 0.233 e. The Morgan fingerprint density at radius 2 is 1.54 bits per heavy atom. The van der Waals surface area contributed by atoms with Crippen LogP contribution in [0.5, 0.6) is 0 Å². The number of aliphatic imine (C=N–C) groups is 1. The minimum atomic E-state index is 0.150. The van der Waals surface area contributed by atoms with E-state index in [9.17, 15) is 4.79 Å². The predicted molar refractivity (Wildman–Crippen MR) is 95.8 cm³/mol. The van der Waals surface area contributed by atoms with Crippen LogP contribution in [-0.4, -0.2) is 79.2 Å². The van der Waals surface area contributed by atoms with Gasteiger partial charge in [0.15, 0.2) is 5.17 Å². The lowest BCUT2D eigenvalue weighted by Gasteiger charge is -2.30. The van der Waals surface area contributed by atoms with Crippen molar-refractivity contribution in [3.8, 4) is 0 Å². The van der Waals surface area contributed by atoms with Crippen molar-refractivity contribution in [1.82, 2.24) is 9.80 Å². The molecular weight excluding hydrogens is 326 g/mol. The zero-order chi connectivity index (χ0) is 16.6. The third-order valence-corrected chi connectivity index (χ3v) is 4.95. The molecule has 2 aliphatic heterocycles. The van der Waals surface area contributed by atoms with Crippen LogP contribution in [-0.2, 0) is 14.3 Å². The average Bonchev–Trinajstić information content (AvgIpc) is 2.67. The molecule has 1 amide bonds. The molecule has 24 heavy (non-hydrogen) atoms. The van der Waals surface area contributed by atoms with Crippen LogP contribution in [0.3, 0.4) is 0 Å². The van der Waals surface area contributed by atoms with E-state index in [2.05, 4.69) is 4.90 Å². The highest BCUT2D eigenvalue weighted by molar-refractivity contribution is 8.14. The van der Waals surface area contributed by atoms with Gasteiger partial charge in [0.25, 0.3) is 0 Å². The molecule has 0 unspecified atom stereocenters. The van der Waals surface area contributed by atoms with Gasteiger partial charge in [-0.1, -0.05) is 30.0 Å². The Morgan fingerprint density at radius 3 is 2.17 bits per heavy atom. The number of benzene rings is 1. The molecule has 130 valence electrons. The summed E-state index contributed by atoms with van der Waals surface area (Å²) in [6.07, 6.45) is 0. The van der Waals surface area contributed by atoms with Crippen LogP contribution in [0.25, 0.3) is 0 Å². The van der Waals surface area contributed by atoms with E-state index in [1.165, 1.54) is 11.8 Å². The van der Waals surface area contributed by atoms with Crippen molar-refractivity contribution in [3.63, 3.8) is 0 Å². The van der Waals surface area contributed by atoms with Crippen LogP contribution < -0.4 is 0 Å². The summed E-state index contributed by atoms with van der Waals surface area (Å²) in [5.74, 6) is 0.556. The highest BCUT2D eigenvalue weighted by Crippen LogP contribution is 2.19. The number of carbonyl (C=O) groups excluding carboxylic acids is 1. The Labute approximate surface area is 146 Å². The lowest BCUT2D eigenvalue weighted by atomic mass is 10.3. The molecule has 0 aromatic heterocycles. The number of nitrogens with zero attached hydrogens (tertiary/aromatic N) is 3. The number of carbonyl (C=O) groups is 1. The summed E-state index contributed by atoms with van der Waals surface area (Å²) in [6, 6.07) is 9.87. The second-order valence-electron chi connectivity index (χ2n) is 5.61. The standard InChI is InChI=1S/C17H23N3O3S/c21-16(19-6-10-22-11-7-19)14-24-17(20-8-12-23-13-9-20)18-15-4-2-1-3-5-15/h1-5H,6-14H2. The summed E-state index contributed by atoms with van der Waals surface area (Å²) in [5, 5.41) is 0.895. The fourth-order valence-corrected chi connectivity index (χ4v) is 3.56. The van der Waals surface area contributed by atoms with E-state index >= 15 is 0 Å². The first kappa shape index (κ1) is 17.3. The van der Waals surface area contributed by atoms with Gasteiger partial charge in [-0.25, -0.2) is 4.99 Å². The number of morpholine rings is 2. The van der Waals surface area contributed by atoms with Gasteiger partial charge in [0.05, 0.1) is 37.9 Å². The maximum atomic E-state index is 12.4. The normalized spacial score (nSPS) is 19.4. The van der Waals surface area contributed by atoms with Gasteiger partial charge in [-0.2, -0.15) is 0 Å². The van der Waals surface area contributed by atoms with E-state index in [1.54, 1.807) is 0 Å². The van der Waals surface area contributed by atoms with Crippen LogP contribution >= 0.6 is 11.8 Å². The van der Waals surface area contributed by atoms with E-state index in [1.807, 2.05) is 35.2 Å². The second-order valence-corrected chi connectivity index (χ2v) is 6.55. The minimum absolute atomic E-state index is 0.150. The Bertz CT molecular complexity index is 555. The van der Waals surface area contributed by atoms with Crippen molar-refractivity contribution in [2.24, 2.45) is 4.99 Å². The molecule has 2 aliphatic rings.